The fraction of sp³-hybridized carbons (Fsp3) is 0.174. The summed E-state index contributed by atoms with van der Waals surface area (Å²) in [6.07, 6.45) is 1.53. The van der Waals surface area contributed by atoms with Crippen molar-refractivity contribution in [3.8, 4) is 0 Å². The number of carbonyl (C=O) groups excluding carboxylic acids is 2. The topological polar surface area (TPSA) is 102 Å². The third kappa shape index (κ3) is 3.69. The summed E-state index contributed by atoms with van der Waals surface area (Å²) in [4.78, 5) is 36.3. The third-order valence-corrected chi connectivity index (χ3v) is 4.98. The lowest BCUT2D eigenvalue weighted by molar-refractivity contribution is -0.116. The average molecular weight is 404 g/mol. The van der Waals surface area contributed by atoms with Gasteiger partial charge in [-0.25, -0.2) is 4.79 Å². The number of fused-ring (bicyclic) bond motifs is 2. The lowest BCUT2D eigenvalue weighted by Gasteiger charge is -2.10. The molecule has 0 aliphatic rings. The Morgan fingerprint density at radius 1 is 0.967 bits per heavy atom. The first kappa shape index (κ1) is 19.4. The Morgan fingerprint density at radius 3 is 2.43 bits per heavy atom. The predicted octanol–water partition coefficient (Wildman–Crippen LogP) is 4.30. The Hall–Kier alpha value is -3.87. The number of anilines is 2. The highest BCUT2D eigenvalue weighted by molar-refractivity contribution is 5.98. The lowest BCUT2D eigenvalue weighted by atomic mass is 10.0. The standard InChI is InChI=1S/C23H20N2O5/c1-12-11-29-20-10-21-18(8-17(12)20)13(2)19(23(28)30-21)9-22(27)25-16-6-4-5-15(7-16)24-14(3)26/h4-8,10-11H,9H2,1-3H3,(H,24,26)(H,25,27). The minimum atomic E-state index is -0.551. The van der Waals surface area contributed by atoms with Crippen LogP contribution in [0.15, 0.2) is 56.3 Å². The van der Waals surface area contributed by atoms with Crippen molar-refractivity contribution in [2.45, 2.75) is 27.2 Å². The smallest absolute Gasteiger partial charge is 0.340 e. The molecule has 0 radical (unpaired) electrons. The number of hydrogen-bond donors (Lipinski definition) is 2. The van der Waals surface area contributed by atoms with Gasteiger partial charge in [0.25, 0.3) is 0 Å². The molecule has 0 aliphatic carbocycles. The van der Waals surface area contributed by atoms with E-state index in [0.29, 0.717) is 33.7 Å². The summed E-state index contributed by atoms with van der Waals surface area (Å²) in [5.74, 6) is -0.560. The molecule has 2 aromatic heterocycles. The first-order valence-corrected chi connectivity index (χ1v) is 9.43. The largest absolute Gasteiger partial charge is 0.464 e. The molecule has 2 aromatic carbocycles. The summed E-state index contributed by atoms with van der Waals surface area (Å²) in [6, 6.07) is 10.4. The van der Waals surface area contributed by atoms with Gasteiger partial charge < -0.3 is 19.5 Å². The molecule has 0 unspecified atom stereocenters. The van der Waals surface area contributed by atoms with Crippen molar-refractivity contribution in [1.82, 2.24) is 0 Å². The van der Waals surface area contributed by atoms with Crippen LogP contribution in [0.3, 0.4) is 0 Å². The van der Waals surface area contributed by atoms with E-state index in [-0.39, 0.29) is 18.2 Å². The van der Waals surface area contributed by atoms with Gasteiger partial charge in [-0.05, 0) is 49.2 Å². The molecular weight excluding hydrogens is 384 g/mol. The van der Waals surface area contributed by atoms with Gasteiger partial charge in [0.15, 0.2) is 0 Å². The second-order valence-electron chi connectivity index (χ2n) is 7.24. The van der Waals surface area contributed by atoms with Crippen LogP contribution < -0.4 is 16.3 Å². The minimum Gasteiger partial charge on any atom is -0.464 e. The molecule has 0 saturated heterocycles. The second kappa shape index (κ2) is 7.51. The molecule has 0 aliphatic heterocycles. The number of benzene rings is 2. The number of aryl methyl sites for hydroxylation is 2. The molecule has 7 heteroatoms. The maximum absolute atomic E-state index is 12.6. The molecule has 0 fully saturated rings. The third-order valence-electron chi connectivity index (χ3n) is 4.98. The lowest BCUT2D eigenvalue weighted by Crippen LogP contribution is -2.20. The van der Waals surface area contributed by atoms with Crippen LogP contribution >= 0.6 is 0 Å². The van der Waals surface area contributed by atoms with E-state index in [0.717, 1.165) is 16.3 Å². The highest BCUT2D eigenvalue weighted by Gasteiger charge is 2.17. The van der Waals surface area contributed by atoms with Gasteiger partial charge >= 0.3 is 5.63 Å². The van der Waals surface area contributed by atoms with Gasteiger partial charge in [-0.3, -0.25) is 9.59 Å². The Balaban J connectivity index is 1.64. The first-order valence-electron chi connectivity index (χ1n) is 9.43. The summed E-state index contributed by atoms with van der Waals surface area (Å²) >= 11 is 0. The van der Waals surface area contributed by atoms with Crippen LogP contribution in [0.1, 0.15) is 23.6 Å². The number of amides is 2. The maximum Gasteiger partial charge on any atom is 0.340 e. The Morgan fingerprint density at radius 2 is 1.70 bits per heavy atom. The van der Waals surface area contributed by atoms with Crippen molar-refractivity contribution in [1.29, 1.82) is 0 Å². The zero-order valence-corrected chi connectivity index (χ0v) is 16.8. The van der Waals surface area contributed by atoms with Gasteiger partial charge in [0.2, 0.25) is 11.8 Å². The molecule has 0 atom stereocenters. The van der Waals surface area contributed by atoms with Gasteiger partial charge in [0, 0.05) is 35.1 Å². The molecule has 4 aromatic rings. The van der Waals surface area contributed by atoms with Gasteiger partial charge in [-0.1, -0.05) is 6.07 Å². The number of hydrogen-bond acceptors (Lipinski definition) is 5. The van der Waals surface area contributed by atoms with Gasteiger partial charge in [-0.2, -0.15) is 0 Å². The second-order valence-corrected chi connectivity index (χ2v) is 7.24. The van der Waals surface area contributed by atoms with E-state index in [1.54, 1.807) is 43.5 Å². The number of furan rings is 1. The van der Waals surface area contributed by atoms with Crippen LogP contribution in [0.5, 0.6) is 0 Å². The molecule has 0 bridgehead atoms. The van der Waals surface area contributed by atoms with Crippen molar-refractivity contribution < 1.29 is 18.4 Å². The molecule has 7 nitrogen and oxygen atoms in total. The Labute approximate surface area is 171 Å². The van der Waals surface area contributed by atoms with Gasteiger partial charge in [-0.15, -0.1) is 0 Å². The van der Waals surface area contributed by atoms with Crippen LogP contribution in [-0.4, -0.2) is 11.8 Å². The van der Waals surface area contributed by atoms with Crippen LogP contribution in [-0.2, 0) is 16.0 Å². The molecule has 2 N–H and O–H groups in total. The predicted molar refractivity (Wildman–Crippen MR) is 115 cm³/mol. The number of rotatable bonds is 4. The van der Waals surface area contributed by atoms with Crippen LogP contribution in [0.4, 0.5) is 11.4 Å². The summed E-state index contributed by atoms with van der Waals surface area (Å²) < 4.78 is 10.9. The molecule has 0 spiro atoms. The van der Waals surface area contributed by atoms with E-state index >= 15 is 0 Å². The van der Waals surface area contributed by atoms with Crippen molar-refractivity contribution >= 4 is 45.1 Å². The fourth-order valence-electron chi connectivity index (χ4n) is 3.49. The Kier molecular flexibility index (Phi) is 4.87. The summed E-state index contributed by atoms with van der Waals surface area (Å²) in [6.45, 7) is 5.15. The van der Waals surface area contributed by atoms with E-state index in [2.05, 4.69) is 10.6 Å². The van der Waals surface area contributed by atoms with E-state index in [9.17, 15) is 14.4 Å². The van der Waals surface area contributed by atoms with E-state index in [1.807, 2.05) is 13.0 Å². The maximum atomic E-state index is 12.6. The fourth-order valence-corrected chi connectivity index (χ4v) is 3.49. The molecule has 30 heavy (non-hydrogen) atoms. The highest BCUT2D eigenvalue weighted by atomic mass is 16.4. The molecular formula is C23H20N2O5. The quantitative estimate of drug-likeness (QED) is 0.494. The molecule has 0 saturated carbocycles. The minimum absolute atomic E-state index is 0.128. The van der Waals surface area contributed by atoms with Crippen molar-refractivity contribution in [3.05, 3.63) is 69.8 Å². The van der Waals surface area contributed by atoms with Crippen LogP contribution in [0.25, 0.3) is 21.9 Å². The van der Waals surface area contributed by atoms with E-state index < -0.39 is 5.63 Å². The van der Waals surface area contributed by atoms with E-state index in [1.165, 1.54) is 6.92 Å². The first-order chi connectivity index (χ1) is 14.3. The van der Waals surface area contributed by atoms with Crippen molar-refractivity contribution in [2.75, 3.05) is 10.6 Å². The van der Waals surface area contributed by atoms with Crippen LogP contribution in [0, 0.1) is 13.8 Å². The SMILES string of the molecule is CC(=O)Nc1cccc(NC(=O)Cc2c(C)c3cc4c(C)coc4cc3oc2=O)c1. The average Bonchev–Trinajstić information content (AvgIpc) is 3.03. The summed E-state index contributed by atoms with van der Waals surface area (Å²) in [5.41, 5.74) is 3.59. The summed E-state index contributed by atoms with van der Waals surface area (Å²) in [5, 5.41) is 7.12. The van der Waals surface area contributed by atoms with Gasteiger partial charge in [0.1, 0.15) is 11.2 Å². The number of carbonyl (C=O) groups is 2. The van der Waals surface area contributed by atoms with Crippen molar-refractivity contribution in [2.24, 2.45) is 0 Å². The normalized spacial score (nSPS) is 11.0. The zero-order valence-electron chi connectivity index (χ0n) is 16.8. The molecule has 152 valence electrons. The molecule has 2 amide bonds. The summed E-state index contributed by atoms with van der Waals surface area (Å²) in [7, 11) is 0. The van der Waals surface area contributed by atoms with Crippen LogP contribution in [0.2, 0.25) is 0 Å². The van der Waals surface area contributed by atoms with Crippen molar-refractivity contribution in [3.63, 3.8) is 0 Å². The monoisotopic (exact) mass is 404 g/mol. The molecule has 2 heterocycles. The Bertz CT molecular complexity index is 1360. The number of nitrogens with one attached hydrogen (secondary N) is 2. The van der Waals surface area contributed by atoms with E-state index in [4.69, 9.17) is 8.83 Å². The highest BCUT2D eigenvalue weighted by Crippen LogP contribution is 2.29. The molecule has 4 rings (SSSR count). The van der Waals surface area contributed by atoms with Gasteiger partial charge in [0.05, 0.1) is 18.2 Å². The zero-order chi connectivity index (χ0) is 21.4.